The molecule has 0 bridgehead atoms. The molecule has 1 saturated heterocycles. The number of thiazole rings is 1. The van der Waals surface area contributed by atoms with Crippen LogP contribution in [-0.4, -0.2) is 63.4 Å². The highest BCUT2D eigenvalue weighted by molar-refractivity contribution is 8.03. The topological polar surface area (TPSA) is 171 Å². The number of aromatic nitrogens is 1. The van der Waals surface area contributed by atoms with E-state index in [1.165, 1.54) is 30.3 Å². The number of carboxylic acid groups (broad SMARTS) is 1. The van der Waals surface area contributed by atoms with Gasteiger partial charge in [0.1, 0.15) is 24.5 Å². The van der Waals surface area contributed by atoms with Crippen LogP contribution in [0.1, 0.15) is 5.69 Å². The number of carboxylic acids is 1. The van der Waals surface area contributed by atoms with Crippen molar-refractivity contribution in [1.82, 2.24) is 15.2 Å². The zero-order valence-corrected chi connectivity index (χ0v) is 16.5. The number of oxime groups is 1. The number of anilines is 1. The summed E-state index contributed by atoms with van der Waals surface area (Å²) in [6.07, 6.45) is 2.49. The number of allylic oxidation sites excluding steroid dienone is 2. The van der Waals surface area contributed by atoms with Gasteiger partial charge in [0.25, 0.3) is 11.8 Å². The van der Waals surface area contributed by atoms with Crippen LogP contribution in [0.4, 0.5) is 5.13 Å². The Balaban J connectivity index is 1.81. The molecule has 2 aliphatic heterocycles. The molecular formula is C16H14N6O5S2. The van der Waals surface area contributed by atoms with Crippen LogP contribution in [0, 0.1) is 11.3 Å². The molecule has 2 aliphatic rings. The first-order valence-electron chi connectivity index (χ1n) is 8.02. The Hall–Kier alpha value is -3.37. The van der Waals surface area contributed by atoms with Gasteiger partial charge >= 0.3 is 5.97 Å². The average Bonchev–Trinajstić information content (AvgIpc) is 3.13. The third-order valence-electron chi connectivity index (χ3n) is 4.06. The number of thioether (sulfide) groups is 1. The maximum Gasteiger partial charge on any atom is 0.353 e. The predicted octanol–water partition coefficient (Wildman–Crippen LogP) is -0.106. The Labute approximate surface area is 172 Å². The number of fused-ring (bicyclic) bond motifs is 1. The van der Waals surface area contributed by atoms with Crippen molar-refractivity contribution >= 4 is 51.7 Å². The van der Waals surface area contributed by atoms with Gasteiger partial charge in [0, 0.05) is 22.1 Å². The molecule has 11 nitrogen and oxygen atoms in total. The Morgan fingerprint density at radius 2 is 2.34 bits per heavy atom. The summed E-state index contributed by atoms with van der Waals surface area (Å²) in [5.41, 5.74) is 5.41. The van der Waals surface area contributed by atoms with Crippen LogP contribution in [0.3, 0.4) is 0 Å². The molecule has 4 N–H and O–H groups in total. The van der Waals surface area contributed by atoms with Gasteiger partial charge in [-0.2, -0.15) is 5.26 Å². The fourth-order valence-corrected chi connectivity index (χ4v) is 4.59. The van der Waals surface area contributed by atoms with E-state index in [0.717, 1.165) is 22.3 Å². The highest BCUT2D eigenvalue weighted by atomic mass is 32.2. The lowest BCUT2D eigenvalue weighted by molar-refractivity contribution is -0.153. The summed E-state index contributed by atoms with van der Waals surface area (Å²) >= 11 is 2.30. The van der Waals surface area contributed by atoms with Crippen LogP contribution in [0.5, 0.6) is 0 Å². The van der Waals surface area contributed by atoms with Gasteiger partial charge in [0.15, 0.2) is 10.8 Å². The molecule has 0 spiro atoms. The van der Waals surface area contributed by atoms with Crippen molar-refractivity contribution in [2.45, 2.75) is 12.1 Å². The number of nitrogen functional groups attached to an aromatic ring is 1. The van der Waals surface area contributed by atoms with E-state index in [2.05, 4.69) is 20.3 Å². The van der Waals surface area contributed by atoms with Gasteiger partial charge in [-0.05, 0) is 6.08 Å². The fourth-order valence-electron chi connectivity index (χ4n) is 2.86. The van der Waals surface area contributed by atoms with Gasteiger partial charge < -0.3 is 21.0 Å². The van der Waals surface area contributed by atoms with Crippen LogP contribution in [0.25, 0.3) is 0 Å². The quantitative estimate of drug-likeness (QED) is 0.239. The number of amides is 2. The SMILES string of the molecule is CO/N=C(\C(=O)N[C@@H]1C(=O)N2C(C(=O)O)=C(/C=C\C#N)SC[C@H]12)c1csc(N)n1. The average molecular weight is 434 g/mol. The molecule has 3 rings (SSSR count). The molecule has 2 amide bonds. The molecule has 29 heavy (non-hydrogen) atoms. The van der Waals surface area contributed by atoms with Crippen LogP contribution >= 0.6 is 23.1 Å². The number of hydrogen-bond acceptors (Lipinski definition) is 10. The first-order chi connectivity index (χ1) is 13.9. The molecule has 2 atom stereocenters. The summed E-state index contributed by atoms with van der Waals surface area (Å²) in [5.74, 6) is -2.22. The number of rotatable bonds is 6. The second kappa shape index (κ2) is 8.33. The van der Waals surface area contributed by atoms with E-state index < -0.39 is 29.9 Å². The van der Waals surface area contributed by atoms with Crippen molar-refractivity contribution in [3.05, 3.63) is 33.8 Å². The smallest absolute Gasteiger partial charge is 0.353 e. The van der Waals surface area contributed by atoms with E-state index in [0.29, 0.717) is 10.7 Å². The standard InChI is InChI=1S/C16H14N6O5S2/c1-27-21-10(7-5-29-16(18)19-7)13(23)20-11-8-6-28-9(3-2-4-17)12(15(25)26)22(8)14(11)24/h2-3,5,8,11H,6H2,1H3,(H2,18,19)(H,20,23)(H,25,26)/b3-2-,21-10-/t8-,11+/m1/s1. The van der Waals surface area contributed by atoms with Gasteiger partial charge in [0.2, 0.25) is 0 Å². The van der Waals surface area contributed by atoms with Gasteiger partial charge in [-0.15, -0.1) is 23.1 Å². The summed E-state index contributed by atoms with van der Waals surface area (Å²) in [7, 11) is 1.26. The number of hydrogen-bond donors (Lipinski definition) is 3. The van der Waals surface area contributed by atoms with Gasteiger partial charge in [0.05, 0.1) is 12.1 Å². The maximum absolute atomic E-state index is 12.6. The highest BCUT2D eigenvalue weighted by Gasteiger charge is 2.53. The molecule has 1 aromatic heterocycles. The molecule has 0 aliphatic carbocycles. The third kappa shape index (κ3) is 3.80. The predicted molar refractivity (Wildman–Crippen MR) is 105 cm³/mol. The maximum atomic E-state index is 12.6. The van der Waals surface area contributed by atoms with Crippen molar-refractivity contribution in [3.8, 4) is 6.07 Å². The molecule has 1 fully saturated rings. The Morgan fingerprint density at radius 3 is 2.93 bits per heavy atom. The van der Waals surface area contributed by atoms with Crippen molar-refractivity contribution in [3.63, 3.8) is 0 Å². The van der Waals surface area contributed by atoms with Gasteiger partial charge in [-0.1, -0.05) is 5.16 Å². The second-order valence-electron chi connectivity index (χ2n) is 5.71. The summed E-state index contributed by atoms with van der Waals surface area (Å²) in [5, 5.41) is 26.1. The fraction of sp³-hybridized carbons (Fsp3) is 0.250. The number of nitrogens with two attached hydrogens (primary N) is 1. The minimum Gasteiger partial charge on any atom is -0.477 e. The lowest BCUT2D eigenvalue weighted by Crippen LogP contribution is -2.72. The largest absolute Gasteiger partial charge is 0.477 e. The van der Waals surface area contributed by atoms with Gasteiger partial charge in [-0.3, -0.25) is 14.5 Å². The number of carbonyl (C=O) groups excluding carboxylic acids is 2. The molecule has 1 aromatic rings. The second-order valence-corrected chi connectivity index (χ2v) is 7.66. The minimum atomic E-state index is -1.29. The zero-order chi connectivity index (χ0) is 21.1. The number of nitrogens with zero attached hydrogens (tertiary/aromatic N) is 4. The molecule has 0 saturated carbocycles. The molecule has 13 heteroatoms. The van der Waals surface area contributed by atoms with E-state index in [9.17, 15) is 19.5 Å². The van der Waals surface area contributed by atoms with Crippen molar-refractivity contribution in [2.24, 2.45) is 5.16 Å². The third-order valence-corrected chi connectivity index (χ3v) is 5.89. The molecule has 0 aromatic carbocycles. The molecule has 150 valence electrons. The number of β-lactam (4-membered cyclic amide) rings is 1. The van der Waals surface area contributed by atoms with Crippen LogP contribution in [-0.2, 0) is 19.2 Å². The van der Waals surface area contributed by atoms with Gasteiger partial charge in [-0.25, -0.2) is 9.78 Å². The highest BCUT2D eigenvalue weighted by Crippen LogP contribution is 2.39. The first-order valence-corrected chi connectivity index (χ1v) is 9.88. The van der Waals surface area contributed by atoms with E-state index >= 15 is 0 Å². The summed E-state index contributed by atoms with van der Waals surface area (Å²) < 4.78 is 0. The number of carbonyl (C=O) groups is 3. The van der Waals surface area contributed by atoms with E-state index in [1.807, 2.05) is 0 Å². The molecule has 3 heterocycles. The summed E-state index contributed by atoms with van der Waals surface area (Å²) in [4.78, 5) is 47.0. The molecular weight excluding hydrogens is 420 g/mol. The van der Waals surface area contributed by atoms with Crippen LogP contribution in [0.2, 0.25) is 0 Å². The number of nitrogens with one attached hydrogen (secondary N) is 1. The Bertz CT molecular complexity index is 1010. The summed E-state index contributed by atoms with van der Waals surface area (Å²) in [6.45, 7) is 0. The van der Waals surface area contributed by atoms with Crippen molar-refractivity contribution in [1.29, 1.82) is 5.26 Å². The monoisotopic (exact) mass is 434 g/mol. The van der Waals surface area contributed by atoms with Crippen LogP contribution in [0.15, 0.2) is 33.3 Å². The minimum absolute atomic E-state index is 0.151. The zero-order valence-electron chi connectivity index (χ0n) is 14.9. The summed E-state index contributed by atoms with van der Waals surface area (Å²) in [6, 6.07) is 0.309. The van der Waals surface area contributed by atoms with Crippen molar-refractivity contribution < 1.29 is 24.3 Å². The Kier molecular flexibility index (Phi) is 5.85. The lowest BCUT2D eigenvalue weighted by Gasteiger charge is -2.49. The van der Waals surface area contributed by atoms with E-state index in [4.69, 9.17) is 11.0 Å². The Morgan fingerprint density at radius 1 is 1.59 bits per heavy atom. The first kappa shape index (κ1) is 20.4. The molecule has 0 unspecified atom stereocenters. The number of aliphatic carboxylic acids is 1. The normalized spacial score (nSPS) is 21.4. The molecule has 0 radical (unpaired) electrons. The van der Waals surface area contributed by atoms with E-state index in [1.54, 1.807) is 6.07 Å². The number of nitriles is 1. The lowest BCUT2D eigenvalue weighted by atomic mass is 9.94. The van der Waals surface area contributed by atoms with Crippen LogP contribution < -0.4 is 11.1 Å². The van der Waals surface area contributed by atoms with Crippen molar-refractivity contribution in [2.75, 3.05) is 18.6 Å². The van der Waals surface area contributed by atoms with E-state index in [-0.39, 0.29) is 22.2 Å².